The van der Waals surface area contributed by atoms with Crippen LogP contribution >= 0.6 is 11.3 Å². The molecule has 0 saturated heterocycles. The van der Waals surface area contributed by atoms with E-state index in [0.29, 0.717) is 18.1 Å². The molecule has 136 valence electrons. The Morgan fingerprint density at radius 2 is 2.07 bits per heavy atom. The number of thiazole rings is 1. The van der Waals surface area contributed by atoms with Gasteiger partial charge in [-0.2, -0.15) is 4.98 Å². The number of aryl methyl sites for hydroxylation is 2. The predicted molar refractivity (Wildman–Crippen MR) is 100 cm³/mol. The van der Waals surface area contributed by atoms with Crippen LogP contribution in [0.2, 0.25) is 0 Å². The molecule has 0 fully saturated rings. The average molecular weight is 380 g/mol. The van der Waals surface area contributed by atoms with Gasteiger partial charge in [0.25, 0.3) is 0 Å². The topological polar surface area (TPSA) is 98.2 Å². The predicted octanol–water partition coefficient (Wildman–Crippen LogP) is 2.25. The maximum Gasteiger partial charge on any atom is 0.240 e. The lowest BCUT2D eigenvalue weighted by atomic mass is 10.2. The van der Waals surface area contributed by atoms with E-state index in [2.05, 4.69) is 25.7 Å². The van der Waals surface area contributed by atoms with Gasteiger partial charge in [0.15, 0.2) is 0 Å². The molecular weight excluding hydrogens is 364 g/mol. The molecule has 0 bridgehead atoms. The van der Waals surface area contributed by atoms with Crippen LogP contribution in [-0.2, 0) is 18.3 Å². The molecule has 0 radical (unpaired) electrons. The first-order chi connectivity index (χ1) is 13.2. The minimum absolute atomic E-state index is 0.204. The zero-order chi connectivity index (χ0) is 18.6. The largest absolute Gasteiger partial charge is 0.339 e. The molecule has 1 amide bonds. The minimum Gasteiger partial charge on any atom is -0.339 e. The molecule has 3 heterocycles. The number of hydrogen-bond acceptors (Lipinski definition) is 7. The summed E-state index contributed by atoms with van der Waals surface area (Å²) >= 11 is 1.52. The van der Waals surface area contributed by atoms with Gasteiger partial charge < -0.3 is 9.09 Å². The minimum atomic E-state index is -0.212. The molecule has 0 aliphatic rings. The maximum absolute atomic E-state index is 12.1. The van der Waals surface area contributed by atoms with Crippen LogP contribution in [0.1, 0.15) is 12.3 Å². The number of carbonyl (C=O) groups excluding carboxylic acids is 1. The van der Waals surface area contributed by atoms with Gasteiger partial charge in [-0.3, -0.25) is 9.78 Å². The van der Waals surface area contributed by atoms with Gasteiger partial charge in [-0.05, 0) is 24.3 Å². The van der Waals surface area contributed by atoms with Crippen molar-refractivity contribution in [3.05, 3.63) is 59.5 Å². The van der Waals surface area contributed by atoms with Crippen molar-refractivity contribution < 1.29 is 9.32 Å². The highest BCUT2D eigenvalue weighted by molar-refractivity contribution is 7.16. The Morgan fingerprint density at radius 1 is 1.26 bits per heavy atom. The number of benzene rings is 1. The fraction of sp³-hybridized carbons (Fsp3) is 0.167. The standard InChI is InChI=1S/C18H16N6O2S/c1-24-13-4-2-3-5-14(13)27-18(24)22-21-15(25)6-7-16-20-17(23-26-16)12-8-10-19-11-9-12/h2-5,8-11H,6-7H2,1H3,(H,21,25)/b22-18-. The van der Waals surface area contributed by atoms with E-state index in [0.717, 1.165) is 20.6 Å². The van der Waals surface area contributed by atoms with Crippen LogP contribution in [0.25, 0.3) is 21.6 Å². The van der Waals surface area contributed by atoms with Crippen LogP contribution in [0.15, 0.2) is 58.4 Å². The fourth-order valence-electron chi connectivity index (χ4n) is 2.55. The third-order valence-corrected chi connectivity index (χ3v) is 5.08. The van der Waals surface area contributed by atoms with E-state index in [9.17, 15) is 4.79 Å². The quantitative estimate of drug-likeness (QED) is 0.536. The Balaban J connectivity index is 1.39. The van der Waals surface area contributed by atoms with E-state index < -0.39 is 0 Å². The number of nitrogens with zero attached hydrogens (tertiary/aromatic N) is 5. The molecule has 0 aliphatic carbocycles. The van der Waals surface area contributed by atoms with Crippen LogP contribution in [0.3, 0.4) is 0 Å². The Kier molecular flexibility index (Phi) is 4.75. The number of pyridine rings is 1. The van der Waals surface area contributed by atoms with Gasteiger partial charge >= 0.3 is 0 Å². The van der Waals surface area contributed by atoms with Crippen molar-refractivity contribution >= 4 is 27.5 Å². The first-order valence-electron chi connectivity index (χ1n) is 8.31. The first kappa shape index (κ1) is 17.1. The van der Waals surface area contributed by atoms with Gasteiger partial charge in [0.1, 0.15) is 0 Å². The Hall–Kier alpha value is -3.33. The summed E-state index contributed by atoms with van der Waals surface area (Å²) in [5, 5.41) is 8.14. The normalized spacial score (nSPS) is 11.8. The number of aromatic nitrogens is 4. The number of amides is 1. The molecule has 1 N–H and O–H groups in total. The Labute approximate surface area is 158 Å². The molecule has 27 heavy (non-hydrogen) atoms. The van der Waals surface area contributed by atoms with Crippen LogP contribution in [0.4, 0.5) is 0 Å². The van der Waals surface area contributed by atoms with E-state index in [-0.39, 0.29) is 12.3 Å². The van der Waals surface area contributed by atoms with Crippen LogP contribution in [0, 0.1) is 0 Å². The molecule has 8 nitrogen and oxygen atoms in total. The molecule has 1 aromatic carbocycles. The van der Waals surface area contributed by atoms with Gasteiger partial charge in [0.2, 0.25) is 22.4 Å². The number of fused-ring (bicyclic) bond motifs is 1. The van der Waals surface area contributed by atoms with Crippen molar-refractivity contribution in [3.8, 4) is 11.4 Å². The van der Waals surface area contributed by atoms with E-state index >= 15 is 0 Å². The van der Waals surface area contributed by atoms with E-state index in [1.165, 1.54) is 11.3 Å². The van der Waals surface area contributed by atoms with Crippen LogP contribution < -0.4 is 10.2 Å². The summed E-state index contributed by atoms with van der Waals surface area (Å²) in [7, 11) is 1.92. The van der Waals surface area contributed by atoms with E-state index in [1.54, 1.807) is 24.5 Å². The summed E-state index contributed by atoms with van der Waals surface area (Å²) in [6, 6.07) is 11.6. The monoisotopic (exact) mass is 380 g/mol. The SMILES string of the molecule is Cn1/c(=N/NC(=O)CCc2nc(-c3ccncc3)no2)sc2ccccc21. The third kappa shape index (κ3) is 3.77. The summed E-state index contributed by atoms with van der Waals surface area (Å²) in [5.41, 5.74) is 4.48. The van der Waals surface area contributed by atoms with Gasteiger partial charge in [0, 0.05) is 37.8 Å². The van der Waals surface area contributed by atoms with Gasteiger partial charge in [-0.25, -0.2) is 5.43 Å². The number of nitrogens with one attached hydrogen (secondary N) is 1. The smallest absolute Gasteiger partial charge is 0.240 e. The van der Waals surface area contributed by atoms with E-state index in [4.69, 9.17) is 4.52 Å². The lowest BCUT2D eigenvalue weighted by molar-refractivity contribution is -0.121. The van der Waals surface area contributed by atoms with Gasteiger partial charge in [-0.1, -0.05) is 28.6 Å². The highest BCUT2D eigenvalue weighted by Gasteiger charge is 2.10. The summed E-state index contributed by atoms with van der Waals surface area (Å²) in [6.07, 6.45) is 3.87. The molecule has 0 saturated carbocycles. The molecule has 0 atom stereocenters. The number of hydrogen-bond donors (Lipinski definition) is 1. The average Bonchev–Trinajstić information content (AvgIpc) is 3.31. The molecular formula is C18H16N6O2S. The zero-order valence-electron chi connectivity index (χ0n) is 14.5. The molecule has 0 spiro atoms. The third-order valence-electron chi connectivity index (χ3n) is 3.96. The van der Waals surface area contributed by atoms with Crippen molar-refractivity contribution in [2.24, 2.45) is 12.1 Å². The van der Waals surface area contributed by atoms with Crippen LogP contribution in [0.5, 0.6) is 0 Å². The summed E-state index contributed by atoms with van der Waals surface area (Å²) < 4.78 is 8.25. The maximum atomic E-state index is 12.1. The number of rotatable bonds is 5. The second-order valence-electron chi connectivity index (χ2n) is 5.81. The van der Waals surface area contributed by atoms with Gasteiger partial charge in [0.05, 0.1) is 10.2 Å². The highest BCUT2D eigenvalue weighted by atomic mass is 32.1. The lowest BCUT2D eigenvalue weighted by Crippen LogP contribution is -2.23. The van der Waals surface area contributed by atoms with Crippen molar-refractivity contribution in [1.29, 1.82) is 0 Å². The second kappa shape index (κ2) is 7.50. The summed E-state index contributed by atoms with van der Waals surface area (Å²) in [5.74, 6) is 0.676. The first-order valence-corrected chi connectivity index (χ1v) is 9.12. The van der Waals surface area contributed by atoms with Crippen molar-refractivity contribution in [2.75, 3.05) is 0 Å². The fourth-order valence-corrected chi connectivity index (χ4v) is 3.53. The van der Waals surface area contributed by atoms with Crippen molar-refractivity contribution in [1.82, 2.24) is 25.1 Å². The van der Waals surface area contributed by atoms with Crippen molar-refractivity contribution in [3.63, 3.8) is 0 Å². The number of para-hydroxylation sites is 1. The van der Waals surface area contributed by atoms with Gasteiger partial charge in [-0.15, -0.1) is 5.10 Å². The second-order valence-corrected chi connectivity index (χ2v) is 6.81. The molecule has 3 aromatic heterocycles. The van der Waals surface area contributed by atoms with Crippen molar-refractivity contribution in [2.45, 2.75) is 12.8 Å². The van der Waals surface area contributed by atoms with E-state index in [1.807, 2.05) is 35.9 Å². The molecule has 0 unspecified atom stereocenters. The molecule has 0 aliphatic heterocycles. The lowest BCUT2D eigenvalue weighted by Gasteiger charge is -1.97. The summed E-state index contributed by atoms with van der Waals surface area (Å²) in [6.45, 7) is 0. The highest BCUT2D eigenvalue weighted by Crippen LogP contribution is 2.15. The molecule has 4 rings (SSSR count). The zero-order valence-corrected chi connectivity index (χ0v) is 15.3. The summed E-state index contributed by atoms with van der Waals surface area (Å²) in [4.78, 5) is 21.1. The Bertz CT molecular complexity index is 1150. The molecule has 4 aromatic rings. The molecule has 9 heteroatoms. The Morgan fingerprint density at radius 3 is 2.89 bits per heavy atom. The number of carbonyl (C=O) groups is 1. The van der Waals surface area contributed by atoms with Crippen LogP contribution in [-0.4, -0.2) is 25.6 Å².